The molecule has 0 aliphatic heterocycles. The van der Waals surface area contributed by atoms with Gasteiger partial charge in [-0.1, -0.05) is 49.8 Å². The van der Waals surface area contributed by atoms with Crippen LogP contribution in [0.2, 0.25) is 0 Å². The zero-order valence-electron chi connectivity index (χ0n) is 25.6. The van der Waals surface area contributed by atoms with Crippen LogP contribution in [0.15, 0.2) is 42.0 Å². The summed E-state index contributed by atoms with van der Waals surface area (Å²) < 4.78 is 5.14. The lowest BCUT2D eigenvalue weighted by Crippen LogP contribution is -2.61. The van der Waals surface area contributed by atoms with Crippen molar-refractivity contribution in [1.82, 2.24) is 5.32 Å². The van der Waals surface area contributed by atoms with Crippen LogP contribution in [-0.4, -0.2) is 68.8 Å². The number of esters is 1. The van der Waals surface area contributed by atoms with Crippen LogP contribution in [0.25, 0.3) is 0 Å². The van der Waals surface area contributed by atoms with Crippen LogP contribution >= 0.6 is 0 Å². The number of ketones is 3. The molecule has 1 aromatic rings. The van der Waals surface area contributed by atoms with Gasteiger partial charge in [-0.25, -0.2) is 4.79 Å². The first-order chi connectivity index (χ1) is 21.2. The fourth-order valence-corrected chi connectivity index (χ4v) is 8.76. The molecule has 0 aromatic heterocycles. The van der Waals surface area contributed by atoms with Crippen molar-refractivity contribution in [3.8, 4) is 0 Å². The molecule has 1 aromatic carbocycles. The summed E-state index contributed by atoms with van der Waals surface area (Å²) in [5, 5.41) is 33.9. The van der Waals surface area contributed by atoms with Gasteiger partial charge in [-0.2, -0.15) is 0 Å². The molecule has 0 saturated heterocycles. The summed E-state index contributed by atoms with van der Waals surface area (Å²) in [6, 6.07) is 6.33. The molecule has 11 heteroatoms. The van der Waals surface area contributed by atoms with Crippen LogP contribution in [0.4, 0.5) is 0 Å². The molecule has 4 aliphatic rings. The number of nitrogens with one attached hydrogen (secondary N) is 1. The fourth-order valence-electron chi connectivity index (χ4n) is 8.76. The average molecular weight is 624 g/mol. The van der Waals surface area contributed by atoms with Crippen molar-refractivity contribution >= 4 is 35.2 Å². The third kappa shape index (κ3) is 5.76. The molecule has 3 fully saturated rings. The number of hydrogen-bond acceptors (Lipinski definition) is 9. The maximum Gasteiger partial charge on any atom is 0.329 e. The lowest BCUT2D eigenvalue weighted by molar-refractivity contribution is -0.173. The SMILES string of the molecule is CC12CCC(=O)C=C1CCC1C2C(=O)CC2(C)C1CCC2(O)C(=O)COC(=O)CCC(=O)NC(C(=O)O)C(O)c1ccccc1. The number of fused-ring (bicyclic) bond motifs is 5. The van der Waals surface area contributed by atoms with Crippen LogP contribution < -0.4 is 5.32 Å². The number of allylic oxidation sites excluding steroid dienone is 1. The molecule has 0 bridgehead atoms. The Labute approximate surface area is 261 Å². The highest BCUT2D eigenvalue weighted by molar-refractivity contribution is 5.95. The first kappa shape index (κ1) is 32.7. The van der Waals surface area contributed by atoms with Crippen LogP contribution in [0.3, 0.4) is 0 Å². The molecule has 3 saturated carbocycles. The van der Waals surface area contributed by atoms with E-state index in [4.69, 9.17) is 4.74 Å². The normalized spacial score (nSPS) is 33.5. The second-order valence-electron chi connectivity index (χ2n) is 13.6. The van der Waals surface area contributed by atoms with Gasteiger partial charge in [-0.15, -0.1) is 0 Å². The summed E-state index contributed by atoms with van der Waals surface area (Å²) in [6.07, 6.45) is 2.45. The minimum atomic E-state index is -1.86. The number of amides is 1. The molecular weight excluding hydrogens is 582 g/mol. The number of carboxylic acids is 1. The third-order valence-corrected chi connectivity index (χ3v) is 11.2. The summed E-state index contributed by atoms with van der Waals surface area (Å²) in [5.74, 6) is -4.12. The van der Waals surface area contributed by atoms with Gasteiger partial charge in [0.25, 0.3) is 0 Å². The summed E-state index contributed by atoms with van der Waals surface area (Å²) in [7, 11) is 0. The molecule has 0 spiro atoms. The van der Waals surface area contributed by atoms with E-state index in [0.29, 0.717) is 37.7 Å². The number of carboxylic acid groups (broad SMARTS) is 1. The molecule has 8 unspecified atom stereocenters. The van der Waals surface area contributed by atoms with Gasteiger partial charge in [0.1, 0.15) is 17.5 Å². The Bertz CT molecular complexity index is 1440. The predicted molar refractivity (Wildman–Crippen MR) is 158 cm³/mol. The minimum absolute atomic E-state index is 0.00520. The largest absolute Gasteiger partial charge is 0.480 e. The van der Waals surface area contributed by atoms with Gasteiger partial charge in [0.15, 0.2) is 18.4 Å². The number of aliphatic hydroxyl groups is 2. The van der Waals surface area contributed by atoms with E-state index in [0.717, 1.165) is 5.57 Å². The standard InChI is InChI=1S/C34H41NO10/c1-32-14-12-21(36)16-20(32)8-9-22-23-13-15-34(44,33(23,2)17-24(37)28(22)32)25(38)18-45-27(40)11-10-26(39)35-29(31(42)43)30(41)19-6-4-3-5-7-19/h3-7,16,22-23,28-30,41,44H,8-15,17-18H2,1-2H3,(H,35,39)(H,42,43). The molecule has 45 heavy (non-hydrogen) atoms. The second-order valence-corrected chi connectivity index (χ2v) is 13.6. The Morgan fingerprint density at radius 2 is 1.73 bits per heavy atom. The van der Waals surface area contributed by atoms with Crippen LogP contribution in [0, 0.1) is 28.6 Å². The van der Waals surface area contributed by atoms with Crippen LogP contribution in [-0.2, 0) is 33.5 Å². The average Bonchev–Trinajstić information content (AvgIpc) is 3.28. The van der Waals surface area contributed by atoms with Gasteiger partial charge in [-0.05, 0) is 61.0 Å². The summed E-state index contributed by atoms with van der Waals surface area (Å²) in [6.45, 7) is 3.13. The number of hydrogen-bond donors (Lipinski definition) is 4. The zero-order valence-corrected chi connectivity index (χ0v) is 25.6. The monoisotopic (exact) mass is 623 g/mol. The Hall–Kier alpha value is -3.70. The molecule has 8 atom stereocenters. The number of Topliss-reactive ketones (excluding diaryl/α,β-unsaturated/α-hetero) is 2. The number of aliphatic hydroxyl groups excluding tert-OH is 1. The minimum Gasteiger partial charge on any atom is -0.480 e. The first-order valence-electron chi connectivity index (χ1n) is 15.6. The number of carbonyl (C=O) groups is 6. The third-order valence-electron chi connectivity index (χ3n) is 11.2. The molecule has 4 N–H and O–H groups in total. The lowest BCUT2D eigenvalue weighted by Gasteiger charge is -2.57. The number of benzene rings is 1. The fraction of sp³-hybridized carbons (Fsp3) is 0.588. The van der Waals surface area contributed by atoms with E-state index in [9.17, 15) is 44.1 Å². The second kappa shape index (κ2) is 12.2. The maximum atomic E-state index is 13.8. The van der Waals surface area contributed by atoms with Gasteiger partial charge >= 0.3 is 11.9 Å². The van der Waals surface area contributed by atoms with E-state index >= 15 is 0 Å². The first-order valence-corrected chi connectivity index (χ1v) is 15.6. The van der Waals surface area contributed by atoms with E-state index in [-0.39, 0.29) is 42.2 Å². The quantitative estimate of drug-likeness (QED) is 0.283. The van der Waals surface area contributed by atoms with Gasteiger partial charge in [0.2, 0.25) is 11.7 Å². The number of carbonyl (C=O) groups excluding carboxylic acids is 5. The Kier molecular flexibility index (Phi) is 8.89. The summed E-state index contributed by atoms with van der Waals surface area (Å²) in [5.41, 5.74) is -1.96. The lowest BCUT2D eigenvalue weighted by atomic mass is 9.46. The van der Waals surface area contributed by atoms with Gasteiger partial charge in [0.05, 0.1) is 6.42 Å². The van der Waals surface area contributed by atoms with E-state index in [1.165, 1.54) is 12.1 Å². The van der Waals surface area contributed by atoms with Crippen molar-refractivity contribution in [3.05, 3.63) is 47.5 Å². The van der Waals surface area contributed by atoms with Crippen LogP contribution in [0.1, 0.15) is 83.3 Å². The molecular formula is C34H41NO10. The van der Waals surface area contributed by atoms with Crippen LogP contribution in [0.5, 0.6) is 0 Å². The summed E-state index contributed by atoms with van der Waals surface area (Å²) in [4.78, 5) is 75.9. The van der Waals surface area contributed by atoms with E-state index in [2.05, 4.69) is 12.2 Å². The Morgan fingerprint density at radius 1 is 1.02 bits per heavy atom. The highest BCUT2D eigenvalue weighted by Gasteiger charge is 2.68. The summed E-state index contributed by atoms with van der Waals surface area (Å²) >= 11 is 0. The number of aliphatic carboxylic acids is 1. The van der Waals surface area contributed by atoms with Crippen molar-refractivity contribution in [2.24, 2.45) is 28.6 Å². The van der Waals surface area contributed by atoms with Gasteiger partial charge < -0.3 is 25.4 Å². The van der Waals surface area contributed by atoms with Crippen molar-refractivity contribution in [3.63, 3.8) is 0 Å². The van der Waals surface area contributed by atoms with E-state index in [1.54, 1.807) is 31.2 Å². The van der Waals surface area contributed by atoms with Crippen molar-refractivity contribution in [1.29, 1.82) is 0 Å². The number of rotatable bonds is 10. The zero-order chi connectivity index (χ0) is 32.7. The molecule has 0 heterocycles. The Balaban J connectivity index is 1.17. The molecule has 4 aliphatic carbocycles. The predicted octanol–water partition coefficient (Wildman–Crippen LogP) is 2.62. The van der Waals surface area contributed by atoms with E-state index in [1.807, 2.05) is 0 Å². The molecule has 5 rings (SSSR count). The van der Waals surface area contributed by atoms with Gasteiger partial charge in [-0.3, -0.25) is 24.0 Å². The smallest absolute Gasteiger partial charge is 0.329 e. The van der Waals surface area contributed by atoms with Crippen molar-refractivity contribution < 1.29 is 48.8 Å². The highest BCUT2D eigenvalue weighted by Crippen LogP contribution is 2.66. The Morgan fingerprint density at radius 3 is 2.42 bits per heavy atom. The molecule has 11 nitrogen and oxygen atoms in total. The highest BCUT2D eigenvalue weighted by atomic mass is 16.5. The van der Waals surface area contributed by atoms with E-state index < -0.39 is 71.7 Å². The molecule has 1 amide bonds. The molecule has 0 radical (unpaired) electrons. The molecule has 242 valence electrons. The van der Waals surface area contributed by atoms with Gasteiger partial charge in [0, 0.05) is 30.6 Å². The van der Waals surface area contributed by atoms with Crippen molar-refractivity contribution in [2.75, 3.05) is 6.61 Å². The number of ether oxygens (including phenoxy) is 1. The maximum absolute atomic E-state index is 13.8. The topological polar surface area (TPSA) is 184 Å². The van der Waals surface area contributed by atoms with Crippen molar-refractivity contribution in [2.45, 2.75) is 89.4 Å².